The molecule has 26 heavy (non-hydrogen) atoms. The van der Waals surface area contributed by atoms with Gasteiger partial charge in [0.05, 0.1) is 6.54 Å². The molecule has 0 aliphatic heterocycles. The molecule has 0 bridgehead atoms. The fourth-order valence-corrected chi connectivity index (χ4v) is 3.22. The van der Waals surface area contributed by atoms with E-state index in [0.29, 0.717) is 11.3 Å². The number of aryl methyl sites for hydroxylation is 2. The highest BCUT2D eigenvalue weighted by Crippen LogP contribution is 2.24. The first-order valence-corrected chi connectivity index (χ1v) is 9.25. The standard InChI is InChI=1S/C21H20N2O2S/c1-14-6-7-17(10-15(14)2)21(25)22-12-20(24)23-19-5-3-4-16(11-19)18-8-9-26-13-18/h3-11,13H,12H2,1-2H3,(H,22,25)(H,23,24). The molecular weight excluding hydrogens is 344 g/mol. The first kappa shape index (κ1) is 17.9. The SMILES string of the molecule is Cc1ccc(C(=O)NCC(=O)Nc2cccc(-c3ccsc3)c2)cc1C. The second kappa shape index (κ2) is 7.97. The quantitative estimate of drug-likeness (QED) is 0.705. The normalized spacial score (nSPS) is 10.4. The topological polar surface area (TPSA) is 58.2 Å². The van der Waals surface area contributed by atoms with Crippen LogP contribution in [0.2, 0.25) is 0 Å². The van der Waals surface area contributed by atoms with Gasteiger partial charge in [-0.3, -0.25) is 9.59 Å². The fourth-order valence-electron chi connectivity index (χ4n) is 2.56. The Morgan fingerprint density at radius 3 is 2.54 bits per heavy atom. The molecule has 0 aliphatic rings. The molecule has 0 radical (unpaired) electrons. The second-order valence-corrected chi connectivity index (χ2v) is 6.90. The van der Waals surface area contributed by atoms with E-state index in [-0.39, 0.29) is 18.4 Å². The van der Waals surface area contributed by atoms with Crippen molar-refractivity contribution < 1.29 is 9.59 Å². The molecule has 2 aromatic carbocycles. The third kappa shape index (κ3) is 4.37. The summed E-state index contributed by atoms with van der Waals surface area (Å²) < 4.78 is 0. The number of rotatable bonds is 5. The van der Waals surface area contributed by atoms with E-state index in [4.69, 9.17) is 0 Å². The molecule has 3 rings (SSSR count). The third-order valence-electron chi connectivity index (χ3n) is 4.18. The Morgan fingerprint density at radius 1 is 0.962 bits per heavy atom. The number of anilines is 1. The van der Waals surface area contributed by atoms with Crippen LogP contribution in [-0.4, -0.2) is 18.4 Å². The molecule has 2 N–H and O–H groups in total. The minimum Gasteiger partial charge on any atom is -0.343 e. The summed E-state index contributed by atoms with van der Waals surface area (Å²) in [6.07, 6.45) is 0. The molecule has 2 amide bonds. The van der Waals surface area contributed by atoms with Crippen LogP contribution in [0.3, 0.4) is 0 Å². The maximum absolute atomic E-state index is 12.2. The van der Waals surface area contributed by atoms with Crippen LogP contribution in [0.1, 0.15) is 21.5 Å². The van der Waals surface area contributed by atoms with Crippen LogP contribution in [0, 0.1) is 13.8 Å². The minimum atomic E-state index is -0.260. The largest absolute Gasteiger partial charge is 0.343 e. The molecule has 0 unspecified atom stereocenters. The van der Waals surface area contributed by atoms with Gasteiger partial charge in [0, 0.05) is 11.3 Å². The van der Waals surface area contributed by atoms with Crippen LogP contribution in [0.4, 0.5) is 5.69 Å². The maximum atomic E-state index is 12.2. The molecule has 1 heterocycles. The van der Waals surface area contributed by atoms with Crippen LogP contribution < -0.4 is 10.6 Å². The van der Waals surface area contributed by atoms with E-state index in [0.717, 1.165) is 22.3 Å². The molecule has 1 aromatic heterocycles. The Bertz CT molecular complexity index is 933. The molecule has 0 saturated heterocycles. The lowest BCUT2D eigenvalue weighted by Gasteiger charge is -2.09. The molecule has 3 aromatic rings. The Labute approximate surface area is 156 Å². The molecule has 0 aliphatic carbocycles. The Hall–Kier alpha value is -2.92. The van der Waals surface area contributed by atoms with Gasteiger partial charge in [-0.1, -0.05) is 18.2 Å². The number of nitrogens with one attached hydrogen (secondary N) is 2. The average Bonchev–Trinajstić information content (AvgIpc) is 3.17. The predicted octanol–water partition coefficient (Wildman–Crippen LogP) is 4.40. The highest BCUT2D eigenvalue weighted by Gasteiger charge is 2.09. The van der Waals surface area contributed by atoms with Crippen molar-refractivity contribution in [2.45, 2.75) is 13.8 Å². The van der Waals surface area contributed by atoms with Crippen molar-refractivity contribution in [3.05, 3.63) is 76.0 Å². The highest BCUT2D eigenvalue weighted by atomic mass is 32.1. The van der Waals surface area contributed by atoms with Gasteiger partial charge in [0.1, 0.15) is 0 Å². The van der Waals surface area contributed by atoms with E-state index in [2.05, 4.69) is 16.0 Å². The minimum absolute atomic E-state index is 0.0750. The van der Waals surface area contributed by atoms with Crippen LogP contribution >= 0.6 is 11.3 Å². The lowest BCUT2D eigenvalue weighted by molar-refractivity contribution is -0.115. The fraction of sp³-hybridized carbons (Fsp3) is 0.143. The van der Waals surface area contributed by atoms with Crippen molar-refractivity contribution in [1.82, 2.24) is 5.32 Å². The predicted molar refractivity (Wildman–Crippen MR) is 107 cm³/mol. The van der Waals surface area contributed by atoms with Crippen molar-refractivity contribution in [2.75, 3.05) is 11.9 Å². The van der Waals surface area contributed by atoms with Crippen LogP contribution in [0.15, 0.2) is 59.3 Å². The summed E-state index contributed by atoms with van der Waals surface area (Å²) in [5, 5.41) is 9.56. The lowest BCUT2D eigenvalue weighted by atomic mass is 10.1. The zero-order chi connectivity index (χ0) is 18.5. The van der Waals surface area contributed by atoms with Crippen molar-refractivity contribution >= 4 is 28.8 Å². The average molecular weight is 364 g/mol. The number of amides is 2. The van der Waals surface area contributed by atoms with Crippen LogP contribution in [0.5, 0.6) is 0 Å². The number of hydrogen-bond donors (Lipinski definition) is 2. The van der Waals surface area contributed by atoms with Crippen molar-refractivity contribution in [3.8, 4) is 11.1 Å². The summed E-state index contributed by atoms with van der Waals surface area (Å²) in [4.78, 5) is 24.3. The van der Waals surface area contributed by atoms with Crippen molar-refractivity contribution in [3.63, 3.8) is 0 Å². The summed E-state index contributed by atoms with van der Waals surface area (Å²) in [7, 11) is 0. The summed E-state index contributed by atoms with van der Waals surface area (Å²) in [5.41, 5.74) is 5.61. The number of carbonyl (C=O) groups excluding carboxylic acids is 2. The van der Waals surface area contributed by atoms with E-state index in [1.54, 1.807) is 17.4 Å². The summed E-state index contributed by atoms with van der Waals surface area (Å²) >= 11 is 1.63. The van der Waals surface area contributed by atoms with Gasteiger partial charge in [-0.05, 0) is 77.2 Å². The lowest BCUT2D eigenvalue weighted by Crippen LogP contribution is -2.32. The number of hydrogen-bond acceptors (Lipinski definition) is 3. The first-order valence-electron chi connectivity index (χ1n) is 8.31. The van der Waals surface area contributed by atoms with Gasteiger partial charge >= 0.3 is 0 Å². The third-order valence-corrected chi connectivity index (χ3v) is 4.86. The zero-order valence-electron chi connectivity index (χ0n) is 14.7. The van der Waals surface area contributed by atoms with Gasteiger partial charge in [-0.2, -0.15) is 11.3 Å². The number of carbonyl (C=O) groups is 2. The van der Waals surface area contributed by atoms with Gasteiger partial charge in [-0.15, -0.1) is 0 Å². The summed E-state index contributed by atoms with van der Waals surface area (Å²) in [5.74, 6) is -0.514. The Morgan fingerprint density at radius 2 is 1.81 bits per heavy atom. The Balaban J connectivity index is 1.58. The smallest absolute Gasteiger partial charge is 0.251 e. The van der Waals surface area contributed by atoms with Crippen LogP contribution in [0.25, 0.3) is 11.1 Å². The number of thiophene rings is 1. The van der Waals surface area contributed by atoms with Gasteiger partial charge in [0.2, 0.25) is 5.91 Å². The Kier molecular flexibility index (Phi) is 5.49. The van der Waals surface area contributed by atoms with Crippen molar-refractivity contribution in [2.24, 2.45) is 0 Å². The van der Waals surface area contributed by atoms with Crippen molar-refractivity contribution in [1.29, 1.82) is 0 Å². The first-order chi connectivity index (χ1) is 12.5. The van der Waals surface area contributed by atoms with Gasteiger partial charge in [-0.25, -0.2) is 0 Å². The second-order valence-electron chi connectivity index (χ2n) is 6.12. The molecule has 0 spiro atoms. The monoisotopic (exact) mass is 364 g/mol. The highest BCUT2D eigenvalue weighted by molar-refractivity contribution is 7.08. The van der Waals surface area contributed by atoms with E-state index < -0.39 is 0 Å². The van der Waals surface area contributed by atoms with Gasteiger partial charge in [0.15, 0.2) is 0 Å². The molecule has 0 fully saturated rings. The molecule has 0 saturated carbocycles. The molecule has 5 heteroatoms. The van der Waals surface area contributed by atoms with Gasteiger partial charge in [0.25, 0.3) is 5.91 Å². The van der Waals surface area contributed by atoms with Gasteiger partial charge < -0.3 is 10.6 Å². The molecule has 4 nitrogen and oxygen atoms in total. The maximum Gasteiger partial charge on any atom is 0.251 e. The summed E-state index contributed by atoms with van der Waals surface area (Å²) in [6.45, 7) is 3.88. The van der Waals surface area contributed by atoms with E-state index in [1.165, 1.54) is 0 Å². The van der Waals surface area contributed by atoms with Crippen LogP contribution in [-0.2, 0) is 4.79 Å². The zero-order valence-corrected chi connectivity index (χ0v) is 15.5. The molecule has 132 valence electrons. The van der Waals surface area contributed by atoms with E-state index in [1.807, 2.05) is 61.7 Å². The van der Waals surface area contributed by atoms with E-state index >= 15 is 0 Å². The molecule has 0 atom stereocenters. The van der Waals surface area contributed by atoms with E-state index in [9.17, 15) is 9.59 Å². The summed E-state index contributed by atoms with van der Waals surface area (Å²) in [6, 6.07) is 15.2. The molecular formula is C21H20N2O2S. The number of benzene rings is 2.